The fourth-order valence-electron chi connectivity index (χ4n) is 1.90. The molecule has 1 unspecified atom stereocenters. The van der Waals surface area contributed by atoms with Gasteiger partial charge in [0.15, 0.2) is 5.69 Å². The molecule has 1 amide bonds. The van der Waals surface area contributed by atoms with E-state index < -0.39 is 5.91 Å². The summed E-state index contributed by atoms with van der Waals surface area (Å²) in [5.41, 5.74) is 0.292. The average molecular weight is 311 g/mol. The lowest BCUT2D eigenvalue weighted by molar-refractivity contribution is 0.0942. The molecule has 7 heteroatoms. The second-order valence-electron chi connectivity index (χ2n) is 4.72. The minimum Gasteiger partial charge on any atom is -0.349 e. The Morgan fingerprint density at radius 3 is 2.71 bits per heavy atom. The van der Waals surface area contributed by atoms with Gasteiger partial charge >= 0.3 is 0 Å². The number of nitrogens with zero attached hydrogens (tertiary/aromatic N) is 2. The largest absolute Gasteiger partial charge is 0.349 e. The van der Waals surface area contributed by atoms with E-state index in [0.717, 1.165) is 0 Å². The Hall–Kier alpha value is -1.92. The average Bonchev–Trinajstić information content (AvgIpc) is 2.48. The van der Waals surface area contributed by atoms with E-state index >= 15 is 0 Å². The lowest BCUT2D eigenvalue weighted by atomic mass is 10.2. The van der Waals surface area contributed by atoms with E-state index in [1.807, 2.05) is 20.0 Å². The number of hydrogen-bond donors (Lipinski definition) is 2. The number of fused-ring (bicyclic) bond motifs is 1. The molecule has 21 heavy (non-hydrogen) atoms. The van der Waals surface area contributed by atoms with Crippen molar-refractivity contribution in [2.75, 3.05) is 13.6 Å². The highest BCUT2D eigenvalue weighted by Crippen LogP contribution is 2.07. The number of aryl methyl sites for hydroxylation is 1. The van der Waals surface area contributed by atoms with Crippen LogP contribution in [0.2, 0.25) is 0 Å². The topological polar surface area (TPSA) is 76.0 Å². The zero-order valence-corrected chi connectivity index (χ0v) is 13.0. The molecule has 1 atom stereocenters. The molecule has 0 aliphatic carbocycles. The van der Waals surface area contributed by atoms with E-state index in [0.29, 0.717) is 17.4 Å². The van der Waals surface area contributed by atoms with Crippen molar-refractivity contribution in [2.24, 2.45) is 7.05 Å². The highest BCUT2D eigenvalue weighted by atomic mass is 35.5. The van der Waals surface area contributed by atoms with Gasteiger partial charge in [0.25, 0.3) is 5.91 Å². The minimum atomic E-state index is -0.446. The first-order valence-corrected chi connectivity index (χ1v) is 6.46. The van der Waals surface area contributed by atoms with Gasteiger partial charge in [-0.15, -0.1) is 12.4 Å². The normalized spacial score (nSPS) is 11.8. The maximum Gasteiger partial charge on any atom is 0.275 e. The van der Waals surface area contributed by atoms with Crippen LogP contribution in [0, 0.1) is 0 Å². The highest BCUT2D eigenvalue weighted by Gasteiger charge is 2.16. The first kappa shape index (κ1) is 17.1. The summed E-state index contributed by atoms with van der Waals surface area (Å²) in [4.78, 5) is 24.4. The number of aromatic nitrogens is 2. The molecule has 0 radical (unpaired) electrons. The van der Waals surface area contributed by atoms with E-state index in [-0.39, 0.29) is 29.6 Å². The van der Waals surface area contributed by atoms with E-state index in [2.05, 4.69) is 15.7 Å². The summed E-state index contributed by atoms with van der Waals surface area (Å²) in [7, 11) is 3.53. The summed E-state index contributed by atoms with van der Waals surface area (Å²) in [5, 5.41) is 10.3. The van der Waals surface area contributed by atoms with Crippen LogP contribution in [-0.4, -0.2) is 35.3 Å². The van der Waals surface area contributed by atoms with Crippen molar-refractivity contribution in [3.8, 4) is 0 Å². The SMILES string of the molecule is CNC(C)CNC(=O)c1nn(C)c2ccccc2c1=O.Cl. The number of nitrogens with one attached hydrogen (secondary N) is 2. The summed E-state index contributed by atoms with van der Waals surface area (Å²) in [6.45, 7) is 2.37. The number of likely N-dealkylation sites (N-methyl/N-ethyl adjacent to an activating group) is 1. The Morgan fingerprint density at radius 2 is 2.05 bits per heavy atom. The Kier molecular flexibility index (Phi) is 5.87. The molecule has 0 aliphatic rings. The Labute approximate surface area is 128 Å². The van der Waals surface area contributed by atoms with E-state index in [1.165, 1.54) is 0 Å². The smallest absolute Gasteiger partial charge is 0.275 e. The fraction of sp³-hybridized carbons (Fsp3) is 0.357. The molecule has 0 saturated carbocycles. The molecule has 0 fully saturated rings. The fourth-order valence-corrected chi connectivity index (χ4v) is 1.90. The van der Waals surface area contributed by atoms with Crippen molar-refractivity contribution in [1.29, 1.82) is 0 Å². The van der Waals surface area contributed by atoms with Gasteiger partial charge in [-0.1, -0.05) is 12.1 Å². The molecule has 0 saturated heterocycles. The van der Waals surface area contributed by atoms with Gasteiger partial charge in [-0.25, -0.2) is 0 Å². The molecule has 0 bridgehead atoms. The van der Waals surface area contributed by atoms with Gasteiger partial charge in [0.05, 0.1) is 5.52 Å². The Morgan fingerprint density at radius 1 is 1.38 bits per heavy atom. The molecule has 2 rings (SSSR count). The van der Waals surface area contributed by atoms with Gasteiger partial charge in [0.2, 0.25) is 5.43 Å². The van der Waals surface area contributed by atoms with Gasteiger partial charge in [0.1, 0.15) is 0 Å². The number of halogens is 1. The molecule has 0 aliphatic heterocycles. The number of amides is 1. The monoisotopic (exact) mass is 310 g/mol. The Bertz CT molecular complexity index is 699. The van der Waals surface area contributed by atoms with E-state index in [1.54, 1.807) is 29.9 Å². The second-order valence-corrected chi connectivity index (χ2v) is 4.72. The lowest BCUT2D eigenvalue weighted by Gasteiger charge is -2.12. The van der Waals surface area contributed by atoms with Crippen molar-refractivity contribution >= 4 is 29.2 Å². The van der Waals surface area contributed by atoms with Crippen LogP contribution < -0.4 is 16.1 Å². The van der Waals surface area contributed by atoms with Gasteiger partial charge in [-0.3, -0.25) is 14.3 Å². The molecule has 2 aromatic rings. The van der Waals surface area contributed by atoms with E-state index in [4.69, 9.17) is 0 Å². The zero-order chi connectivity index (χ0) is 14.7. The third kappa shape index (κ3) is 3.59. The van der Waals surface area contributed by atoms with Crippen molar-refractivity contribution in [3.05, 3.63) is 40.2 Å². The molecule has 1 heterocycles. The molecule has 0 spiro atoms. The molecule has 114 valence electrons. The van der Waals surface area contributed by atoms with Gasteiger partial charge in [-0.2, -0.15) is 5.10 Å². The van der Waals surface area contributed by atoms with Crippen molar-refractivity contribution in [3.63, 3.8) is 0 Å². The lowest BCUT2D eigenvalue weighted by Crippen LogP contribution is -2.39. The number of rotatable bonds is 4. The first-order chi connectivity index (χ1) is 9.54. The van der Waals surface area contributed by atoms with Crippen LogP contribution in [0.15, 0.2) is 29.1 Å². The summed E-state index contributed by atoms with van der Waals surface area (Å²) < 4.78 is 1.55. The van der Waals surface area contributed by atoms with Gasteiger partial charge in [-0.05, 0) is 26.1 Å². The summed E-state index contributed by atoms with van der Waals surface area (Å²) in [6, 6.07) is 7.23. The number of carbonyl (C=O) groups excluding carboxylic acids is 1. The van der Waals surface area contributed by atoms with Gasteiger partial charge in [0, 0.05) is 25.0 Å². The summed E-state index contributed by atoms with van der Waals surface area (Å²) >= 11 is 0. The van der Waals surface area contributed by atoms with Gasteiger partial charge < -0.3 is 10.6 Å². The van der Waals surface area contributed by atoms with Crippen LogP contribution >= 0.6 is 12.4 Å². The summed E-state index contributed by atoms with van der Waals surface area (Å²) in [6.07, 6.45) is 0. The molecule has 2 N–H and O–H groups in total. The molecule has 1 aromatic carbocycles. The zero-order valence-electron chi connectivity index (χ0n) is 12.2. The van der Waals surface area contributed by atoms with Crippen LogP contribution in [0.3, 0.4) is 0 Å². The van der Waals surface area contributed by atoms with Crippen molar-refractivity contribution < 1.29 is 4.79 Å². The van der Waals surface area contributed by atoms with Crippen LogP contribution in [0.25, 0.3) is 10.9 Å². The third-order valence-corrected chi connectivity index (χ3v) is 3.24. The summed E-state index contributed by atoms with van der Waals surface area (Å²) in [5.74, 6) is -0.446. The van der Waals surface area contributed by atoms with Crippen LogP contribution in [0.1, 0.15) is 17.4 Å². The number of para-hydroxylation sites is 1. The molecular formula is C14H19ClN4O2. The standard InChI is InChI=1S/C14H18N4O2.ClH/c1-9(15-2)8-16-14(20)12-13(19)10-6-4-5-7-11(10)18(3)17-12;/h4-7,9,15H,8H2,1-3H3,(H,16,20);1H. The predicted octanol–water partition coefficient (Wildman–Crippen LogP) is 0.693. The number of carbonyl (C=O) groups is 1. The van der Waals surface area contributed by atoms with Crippen molar-refractivity contribution in [2.45, 2.75) is 13.0 Å². The maximum atomic E-state index is 12.3. The van der Waals surface area contributed by atoms with E-state index in [9.17, 15) is 9.59 Å². The van der Waals surface area contributed by atoms with Crippen LogP contribution in [-0.2, 0) is 7.05 Å². The predicted molar refractivity (Wildman–Crippen MR) is 85.1 cm³/mol. The van der Waals surface area contributed by atoms with Crippen LogP contribution in [0.4, 0.5) is 0 Å². The minimum absolute atomic E-state index is 0. The third-order valence-electron chi connectivity index (χ3n) is 3.24. The first-order valence-electron chi connectivity index (χ1n) is 6.46. The molecular weight excluding hydrogens is 292 g/mol. The number of benzene rings is 1. The number of hydrogen-bond acceptors (Lipinski definition) is 4. The Balaban J connectivity index is 0.00000220. The maximum absolute atomic E-state index is 12.3. The van der Waals surface area contributed by atoms with Crippen LogP contribution in [0.5, 0.6) is 0 Å². The highest BCUT2D eigenvalue weighted by molar-refractivity contribution is 5.95. The molecule has 6 nitrogen and oxygen atoms in total. The quantitative estimate of drug-likeness (QED) is 0.871. The second kappa shape index (κ2) is 7.19. The molecule has 1 aromatic heterocycles. The van der Waals surface area contributed by atoms with Crippen molar-refractivity contribution in [1.82, 2.24) is 20.4 Å².